The molecule has 1 heterocycles. The van der Waals surface area contributed by atoms with Crippen molar-refractivity contribution in [1.82, 2.24) is 9.55 Å². The number of nitrogens with zero attached hydrogens (tertiary/aromatic N) is 2. The maximum atomic E-state index is 13.4. The summed E-state index contributed by atoms with van der Waals surface area (Å²) >= 11 is 1.19. The monoisotopic (exact) mass is 509 g/mol. The molecule has 0 radical (unpaired) electrons. The van der Waals surface area contributed by atoms with Crippen molar-refractivity contribution >= 4 is 34.3 Å². The van der Waals surface area contributed by atoms with Crippen molar-refractivity contribution in [3.8, 4) is 22.9 Å². The van der Waals surface area contributed by atoms with Crippen LogP contribution < -0.4 is 20.3 Å². The largest absolute Gasteiger partial charge is 0.497 e. The molecule has 0 atom stereocenters. The van der Waals surface area contributed by atoms with Crippen molar-refractivity contribution in [2.75, 3.05) is 18.2 Å². The van der Waals surface area contributed by atoms with Gasteiger partial charge in [0, 0.05) is 11.8 Å². The minimum absolute atomic E-state index is 0.0665. The minimum atomic E-state index is -0.221. The van der Waals surface area contributed by atoms with Crippen molar-refractivity contribution in [3.63, 3.8) is 0 Å². The number of hydrogen-bond donors (Lipinski definition) is 1. The molecule has 8 heteroatoms. The number of nitrogens with one attached hydrogen (secondary N) is 1. The molecule has 5 aromatic rings. The van der Waals surface area contributed by atoms with Gasteiger partial charge in [0.1, 0.15) is 17.2 Å². The Bertz CT molecular complexity index is 1600. The molecule has 37 heavy (non-hydrogen) atoms. The number of carbonyl (C=O) groups excluding carboxylic acids is 1. The smallest absolute Gasteiger partial charge is 0.266 e. The number of aromatic nitrogens is 2. The molecule has 1 amide bonds. The van der Waals surface area contributed by atoms with E-state index in [1.165, 1.54) is 16.3 Å². The fraction of sp³-hybridized carbons (Fsp3) is 0.0690. The van der Waals surface area contributed by atoms with E-state index in [2.05, 4.69) is 10.3 Å². The van der Waals surface area contributed by atoms with Crippen LogP contribution in [0.2, 0.25) is 0 Å². The lowest BCUT2D eigenvalue weighted by Gasteiger charge is -2.14. The van der Waals surface area contributed by atoms with Gasteiger partial charge in [-0.25, -0.2) is 4.98 Å². The molecule has 0 bridgehead atoms. The standard InChI is InChI=1S/C29H23N3O4S/c1-35-24-11-7-8-21(18-24)32-28(34)25-12-5-6-13-26(25)31-29(32)37-19-27(33)30-20-14-16-23(17-15-20)36-22-9-3-2-4-10-22/h2-18H,19H2,1H3,(H,30,33). The zero-order chi connectivity index (χ0) is 25.6. The Kier molecular flexibility index (Phi) is 7.19. The van der Waals surface area contributed by atoms with Gasteiger partial charge in [0.15, 0.2) is 5.16 Å². The Hall–Kier alpha value is -4.56. The summed E-state index contributed by atoms with van der Waals surface area (Å²) in [5.74, 6) is 1.87. The second kappa shape index (κ2) is 11.0. The first-order valence-electron chi connectivity index (χ1n) is 11.5. The van der Waals surface area contributed by atoms with Gasteiger partial charge in [-0.3, -0.25) is 14.2 Å². The Morgan fingerprint density at radius 2 is 1.57 bits per heavy atom. The SMILES string of the molecule is COc1cccc(-n2c(SCC(=O)Nc3ccc(Oc4ccccc4)cc3)nc3ccccc3c2=O)c1. The first-order valence-corrected chi connectivity index (χ1v) is 12.5. The van der Waals surface area contributed by atoms with Crippen molar-refractivity contribution in [1.29, 1.82) is 0 Å². The Labute approximate surface area is 217 Å². The van der Waals surface area contributed by atoms with Gasteiger partial charge in [-0.15, -0.1) is 0 Å². The van der Waals surface area contributed by atoms with E-state index in [1.54, 1.807) is 61.7 Å². The number of para-hydroxylation sites is 2. The highest BCUT2D eigenvalue weighted by Gasteiger charge is 2.15. The van der Waals surface area contributed by atoms with Crippen LogP contribution in [0.3, 0.4) is 0 Å². The van der Waals surface area contributed by atoms with Gasteiger partial charge in [-0.05, 0) is 60.7 Å². The van der Waals surface area contributed by atoms with Crippen LogP contribution in [0.5, 0.6) is 17.2 Å². The van der Waals surface area contributed by atoms with E-state index in [-0.39, 0.29) is 17.2 Å². The molecule has 0 fully saturated rings. The zero-order valence-electron chi connectivity index (χ0n) is 20.0. The van der Waals surface area contributed by atoms with Gasteiger partial charge < -0.3 is 14.8 Å². The van der Waals surface area contributed by atoms with E-state index in [4.69, 9.17) is 9.47 Å². The van der Waals surface area contributed by atoms with Crippen molar-refractivity contribution < 1.29 is 14.3 Å². The van der Waals surface area contributed by atoms with Crippen molar-refractivity contribution in [2.24, 2.45) is 0 Å². The van der Waals surface area contributed by atoms with Gasteiger partial charge in [0.2, 0.25) is 5.91 Å². The van der Waals surface area contributed by atoms with Crippen LogP contribution in [0.25, 0.3) is 16.6 Å². The third kappa shape index (κ3) is 5.65. The number of ether oxygens (including phenoxy) is 2. The molecule has 0 aliphatic heterocycles. The number of carbonyl (C=O) groups is 1. The highest BCUT2D eigenvalue weighted by Crippen LogP contribution is 2.25. The molecule has 0 saturated heterocycles. The Morgan fingerprint density at radius 1 is 0.865 bits per heavy atom. The van der Waals surface area contributed by atoms with Crippen LogP contribution in [0.1, 0.15) is 0 Å². The van der Waals surface area contributed by atoms with E-state index in [9.17, 15) is 9.59 Å². The second-order valence-corrected chi connectivity index (χ2v) is 8.97. The number of methoxy groups -OCH3 is 1. The lowest BCUT2D eigenvalue weighted by molar-refractivity contribution is -0.113. The van der Waals surface area contributed by atoms with Gasteiger partial charge >= 0.3 is 0 Å². The number of rotatable bonds is 8. The number of anilines is 1. The van der Waals surface area contributed by atoms with Gasteiger partial charge in [0.05, 0.1) is 29.5 Å². The summed E-state index contributed by atoms with van der Waals surface area (Å²) in [7, 11) is 1.57. The van der Waals surface area contributed by atoms with Crippen LogP contribution in [0.15, 0.2) is 113 Å². The summed E-state index contributed by atoms with van der Waals surface area (Å²) in [4.78, 5) is 30.9. The molecule has 4 aromatic carbocycles. The molecule has 1 aromatic heterocycles. The molecule has 0 aliphatic carbocycles. The zero-order valence-corrected chi connectivity index (χ0v) is 20.8. The molecule has 0 aliphatic rings. The van der Waals surface area contributed by atoms with E-state index in [1.807, 2.05) is 48.5 Å². The maximum absolute atomic E-state index is 13.4. The third-order valence-electron chi connectivity index (χ3n) is 5.51. The highest BCUT2D eigenvalue weighted by molar-refractivity contribution is 7.99. The average molecular weight is 510 g/mol. The van der Waals surface area contributed by atoms with E-state index < -0.39 is 0 Å². The van der Waals surface area contributed by atoms with E-state index in [0.29, 0.717) is 38.9 Å². The van der Waals surface area contributed by atoms with Gasteiger partial charge in [0.25, 0.3) is 5.56 Å². The molecular weight excluding hydrogens is 486 g/mol. The number of thioether (sulfide) groups is 1. The molecule has 1 N–H and O–H groups in total. The topological polar surface area (TPSA) is 82.4 Å². The van der Waals surface area contributed by atoms with Crippen LogP contribution >= 0.6 is 11.8 Å². The fourth-order valence-electron chi connectivity index (χ4n) is 3.74. The third-order valence-corrected chi connectivity index (χ3v) is 6.44. The van der Waals surface area contributed by atoms with Crippen LogP contribution in [-0.2, 0) is 4.79 Å². The summed E-state index contributed by atoms with van der Waals surface area (Å²) in [6.45, 7) is 0. The quantitative estimate of drug-likeness (QED) is 0.207. The van der Waals surface area contributed by atoms with E-state index >= 15 is 0 Å². The summed E-state index contributed by atoms with van der Waals surface area (Å²) in [5, 5.41) is 3.79. The predicted molar refractivity (Wildman–Crippen MR) is 146 cm³/mol. The molecule has 0 spiro atoms. The number of fused-ring (bicyclic) bond motifs is 1. The second-order valence-electron chi connectivity index (χ2n) is 8.03. The number of hydrogen-bond acceptors (Lipinski definition) is 6. The lowest BCUT2D eigenvalue weighted by atomic mass is 10.2. The molecule has 184 valence electrons. The summed E-state index contributed by atoms with van der Waals surface area (Å²) in [6, 6.07) is 31.0. The van der Waals surface area contributed by atoms with Crippen molar-refractivity contribution in [3.05, 3.63) is 113 Å². The number of amides is 1. The van der Waals surface area contributed by atoms with Gasteiger partial charge in [-0.1, -0.05) is 48.2 Å². The first-order chi connectivity index (χ1) is 18.1. The van der Waals surface area contributed by atoms with Crippen molar-refractivity contribution in [2.45, 2.75) is 5.16 Å². The van der Waals surface area contributed by atoms with Crippen LogP contribution in [-0.4, -0.2) is 28.3 Å². The molecule has 7 nitrogen and oxygen atoms in total. The normalized spacial score (nSPS) is 10.7. The minimum Gasteiger partial charge on any atom is -0.497 e. The molecule has 0 saturated carbocycles. The summed E-state index contributed by atoms with van der Waals surface area (Å²) < 4.78 is 12.6. The van der Waals surface area contributed by atoms with E-state index in [0.717, 1.165) is 5.75 Å². The highest BCUT2D eigenvalue weighted by atomic mass is 32.2. The van der Waals surface area contributed by atoms with Crippen LogP contribution in [0, 0.1) is 0 Å². The van der Waals surface area contributed by atoms with Gasteiger partial charge in [-0.2, -0.15) is 0 Å². The summed E-state index contributed by atoms with van der Waals surface area (Å²) in [5.41, 5.74) is 1.61. The molecular formula is C29H23N3O4S. The first kappa shape index (κ1) is 24.1. The maximum Gasteiger partial charge on any atom is 0.266 e. The Balaban J connectivity index is 1.34. The number of benzene rings is 4. The summed E-state index contributed by atoms with van der Waals surface area (Å²) in [6.07, 6.45) is 0. The predicted octanol–water partition coefficient (Wildman–Crippen LogP) is 5.92. The average Bonchev–Trinajstić information content (AvgIpc) is 2.94. The fourth-order valence-corrected chi connectivity index (χ4v) is 4.56. The lowest BCUT2D eigenvalue weighted by Crippen LogP contribution is -2.23. The molecule has 5 rings (SSSR count). The van der Waals surface area contributed by atoms with Crippen LogP contribution in [0.4, 0.5) is 5.69 Å². The Morgan fingerprint density at radius 3 is 2.35 bits per heavy atom. The molecule has 0 unspecified atom stereocenters.